The maximum atomic E-state index is 11.8. The highest BCUT2D eigenvalue weighted by atomic mass is 16.5. The summed E-state index contributed by atoms with van der Waals surface area (Å²) in [5.41, 5.74) is 1.24. The van der Waals surface area contributed by atoms with Gasteiger partial charge in [0, 0.05) is 18.4 Å². The number of carbonyl (C=O) groups excluding carboxylic acids is 1. The van der Waals surface area contributed by atoms with Gasteiger partial charge in [0.05, 0.1) is 14.2 Å². The van der Waals surface area contributed by atoms with E-state index in [0.717, 1.165) is 18.4 Å². The molecule has 0 radical (unpaired) electrons. The largest absolute Gasteiger partial charge is 0.493 e. The maximum absolute atomic E-state index is 11.8. The summed E-state index contributed by atoms with van der Waals surface area (Å²) in [7, 11) is 3.16. The van der Waals surface area contributed by atoms with E-state index in [1.165, 1.54) is 0 Å². The molecule has 1 aliphatic carbocycles. The monoisotopic (exact) mass is 273 g/mol. The van der Waals surface area contributed by atoms with Gasteiger partial charge in [0.25, 0.3) is 0 Å². The van der Waals surface area contributed by atoms with Gasteiger partial charge in [-0.05, 0) is 24.6 Å². The number of benzene rings is 1. The van der Waals surface area contributed by atoms with Crippen molar-refractivity contribution >= 4 is 5.78 Å². The standard InChI is InChI=1S/C15H15NO4/c1-18-11-7-6-9(8-13(11)19-2)15-16-14-10(17)4-3-5-12(14)20-15/h6-8H,3-5H2,1-2H3. The van der Waals surface area contributed by atoms with Crippen LogP contribution in [0.4, 0.5) is 0 Å². The molecule has 0 unspecified atom stereocenters. The second-order valence-corrected chi connectivity index (χ2v) is 4.64. The second-order valence-electron chi connectivity index (χ2n) is 4.64. The van der Waals surface area contributed by atoms with Crippen LogP contribution in [0.2, 0.25) is 0 Å². The molecule has 0 spiro atoms. The molecular weight excluding hydrogens is 258 g/mol. The molecule has 3 rings (SSSR count). The number of ketones is 1. The number of hydrogen-bond donors (Lipinski definition) is 0. The lowest BCUT2D eigenvalue weighted by Gasteiger charge is -2.07. The van der Waals surface area contributed by atoms with Crippen LogP contribution in [0.15, 0.2) is 22.6 Å². The third-order valence-corrected chi connectivity index (χ3v) is 3.40. The number of methoxy groups -OCH3 is 2. The minimum absolute atomic E-state index is 0.0572. The first-order valence-electron chi connectivity index (χ1n) is 6.48. The first-order chi connectivity index (χ1) is 9.72. The molecule has 20 heavy (non-hydrogen) atoms. The molecule has 0 fully saturated rings. The van der Waals surface area contributed by atoms with Gasteiger partial charge in [-0.25, -0.2) is 4.98 Å². The number of ether oxygens (including phenoxy) is 2. The number of aryl methyl sites for hydroxylation is 1. The Balaban J connectivity index is 2.03. The minimum atomic E-state index is 0.0572. The fourth-order valence-corrected chi connectivity index (χ4v) is 2.36. The average Bonchev–Trinajstić information content (AvgIpc) is 2.92. The highest BCUT2D eigenvalue weighted by molar-refractivity contribution is 5.96. The Bertz CT molecular complexity index is 660. The van der Waals surface area contributed by atoms with Gasteiger partial charge in [0.1, 0.15) is 11.5 Å². The van der Waals surface area contributed by atoms with Gasteiger partial charge in [-0.3, -0.25) is 4.79 Å². The zero-order valence-corrected chi connectivity index (χ0v) is 11.4. The lowest BCUT2D eigenvalue weighted by molar-refractivity contribution is 0.0965. The third-order valence-electron chi connectivity index (χ3n) is 3.40. The number of rotatable bonds is 3. The number of fused-ring (bicyclic) bond motifs is 1. The van der Waals surface area contributed by atoms with Crippen LogP contribution in [0.3, 0.4) is 0 Å². The first kappa shape index (κ1) is 12.7. The average molecular weight is 273 g/mol. The second kappa shape index (κ2) is 5.00. The van der Waals surface area contributed by atoms with Crippen LogP contribution in [-0.2, 0) is 6.42 Å². The maximum Gasteiger partial charge on any atom is 0.227 e. The molecule has 0 aliphatic heterocycles. The highest BCUT2D eigenvalue weighted by Crippen LogP contribution is 2.33. The van der Waals surface area contributed by atoms with Crippen LogP contribution in [0.5, 0.6) is 11.5 Å². The van der Waals surface area contributed by atoms with Gasteiger partial charge in [-0.15, -0.1) is 0 Å². The highest BCUT2D eigenvalue weighted by Gasteiger charge is 2.24. The number of nitrogens with zero attached hydrogens (tertiary/aromatic N) is 1. The minimum Gasteiger partial charge on any atom is -0.493 e. The van der Waals surface area contributed by atoms with E-state index in [0.29, 0.717) is 35.3 Å². The molecule has 1 aromatic carbocycles. The number of hydrogen-bond acceptors (Lipinski definition) is 5. The van der Waals surface area contributed by atoms with Gasteiger partial charge >= 0.3 is 0 Å². The van der Waals surface area contributed by atoms with E-state index in [1.807, 2.05) is 6.07 Å². The van der Waals surface area contributed by atoms with E-state index in [9.17, 15) is 4.79 Å². The summed E-state index contributed by atoms with van der Waals surface area (Å²) in [6.07, 6.45) is 2.14. The van der Waals surface area contributed by atoms with E-state index in [1.54, 1.807) is 26.4 Å². The molecule has 2 aromatic rings. The van der Waals surface area contributed by atoms with Crippen LogP contribution in [-0.4, -0.2) is 25.0 Å². The van der Waals surface area contributed by atoms with Crippen molar-refractivity contribution in [2.24, 2.45) is 0 Å². The Morgan fingerprint density at radius 1 is 1.15 bits per heavy atom. The van der Waals surface area contributed by atoms with Crippen molar-refractivity contribution < 1.29 is 18.7 Å². The summed E-state index contributed by atoms with van der Waals surface area (Å²) in [5.74, 6) is 2.44. The van der Waals surface area contributed by atoms with Gasteiger partial charge in [-0.2, -0.15) is 0 Å². The first-order valence-corrected chi connectivity index (χ1v) is 6.48. The van der Waals surface area contributed by atoms with Crippen molar-refractivity contribution in [1.82, 2.24) is 4.98 Å². The lowest BCUT2D eigenvalue weighted by Crippen LogP contribution is -2.09. The predicted octanol–water partition coefficient (Wildman–Crippen LogP) is 2.88. The molecule has 1 aliphatic rings. The molecule has 5 heteroatoms. The van der Waals surface area contributed by atoms with E-state index in [-0.39, 0.29) is 5.78 Å². The topological polar surface area (TPSA) is 61.6 Å². The summed E-state index contributed by atoms with van der Waals surface area (Å²) in [6, 6.07) is 5.42. The van der Waals surface area contributed by atoms with Crippen molar-refractivity contribution in [3.05, 3.63) is 29.7 Å². The van der Waals surface area contributed by atoms with Crippen LogP contribution >= 0.6 is 0 Å². The Morgan fingerprint density at radius 3 is 2.65 bits per heavy atom. The summed E-state index contributed by atoms with van der Waals surface area (Å²) >= 11 is 0. The molecule has 0 N–H and O–H groups in total. The predicted molar refractivity (Wildman–Crippen MR) is 72.3 cm³/mol. The molecule has 1 heterocycles. The van der Waals surface area contributed by atoms with Crippen molar-refractivity contribution in [1.29, 1.82) is 0 Å². The number of carbonyl (C=O) groups is 1. The number of Topliss-reactive ketones (excluding diaryl/α,β-unsaturated/α-hetero) is 1. The fourth-order valence-electron chi connectivity index (χ4n) is 2.36. The summed E-state index contributed by atoms with van der Waals surface area (Å²) in [4.78, 5) is 16.1. The van der Waals surface area contributed by atoms with Gasteiger partial charge in [0.2, 0.25) is 5.89 Å². The zero-order chi connectivity index (χ0) is 14.1. The van der Waals surface area contributed by atoms with Crippen molar-refractivity contribution in [2.75, 3.05) is 14.2 Å². The fraction of sp³-hybridized carbons (Fsp3) is 0.333. The molecular formula is C15H15NO4. The van der Waals surface area contributed by atoms with Gasteiger partial charge < -0.3 is 13.9 Å². The summed E-state index contributed by atoms with van der Waals surface area (Å²) < 4.78 is 16.2. The van der Waals surface area contributed by atoms with E-state index in [2.05, 4.69) is 4.98 Å². The third kappa shape index (κ3) is 2.05. The molecule has 0 atom stereocenters. The Morgan fingerprint density at radius 2 is 1.95 bits per heavy atom. The quantitative estimate of drug-likeness (QED) is 0.860. The Hall–Kier alpha value is -2.30. The smallest absolute Gasteiger partial charge is 0.227 e. The van der Waals surface area contributed by atoms with Crippen molar-refractivity contribution in [3.63, 3.8) is 0 Å². The van der Waals surface area contributed by atoms with E-state index in [4.69, 9.17) is 13.9 Å². The zero-order valence-electron chi connectivity index (χ0n) is 11.4. The van der Waals surface area contributed by atoms with Gasteiger partial charge in [-0.1, -0.05) is 0 Å². The Kier molecular flexibility index (Phi) is 3.18. The van der Waals surface area contributed by atoms with Crippen LogP contribution < -0.4 is 9.47 Å². The van der Waals surface area contributed by atoms with Gasteiger partial charge in [0.15, 0.2) is 17.3 Å². The number of oxazole rings is 1. The normalized spacial score (nSPS) is 14.0. The van der Waals surface area contributed by atoms with Crippen molar-refractivity contribution in [3.8, 4) is 23.0 Å². The molecule has 0 saturated heterocycles. The van der Waals surface area contributed by atoms with Crippen LogP contribution in [0.1, 0.15) is 29.1 Å². The molecule has 0 bridgehead atoms. The lowest BCUT2D eigenvalue weighted by atomic mass is 10.0. The van der Waals surface area contributed by atoms with Crippen LogP contribution in [0, 0.1) is 0 Å². The summed E-state index contributed by atoms with van der Waals surface area (Å²) in [6.45, 7) is 0. The number of aromatic nitrogens is 1. The SMILES string of the molecule is COc1ccc(-c2nc3c(o2)CCCC3=O)cc1OC. The molecule has 5 nitrogen and oxygen atoms in total. The molecule has 0 saturated carbocycles. The van der Waals surface area contributed by atoms with Crippen molar-refractivity contribution in [2.45, 2.75) is 19.3 Å². The van der Waals surface area contributed by atoms with Crippen LogP contribution in [0.25, 0.3) is 11.5 Å². The van der Waals surface area contributed by atoms with E-state index < -0.39 is 0 Å². The molecule has 0 amide bonds. The summed E-state index contributed by atoms with van der Waals surface area (Å²) in [5, 5.41) is 0. The van der Waals surface area contributed by atoms with E-state index >= 15 is 0 Å². The Labute approximate surface area is 116 Å². The molecule has 104 valence electrons. The molecule has 1 aromatic heterocycles.